The van der Waals surface area contributed by atoms with E-state index in [1.165, 1.54) is 4.31 Å². The fourth-order valence-corrected chi connectivity index (χ4v) is 4.65. The van der Waals surface area contributed by atoms with Crippen LogP contribution in [-0.2, 0) is 20.2 Å². The molecule has 0 amide bonds. The van der Waals surface area contributed by atoms with Gasteiger partial charge in [0.1, 0.15) is 0 Å². The lowest BCUT2D eigenvalue weighted by Gasteiger charge is -2.35. The van der Waals surface area contributed by atoms with Gasteiger partial charge in [0.05, 0.1) is 5.75 Å². The molecule has 0 bridgehead atoms. The Morgan fingerprint density at radius 2 is 1.56 bits per heavy atom. The van der Waals surface area contributed by atoms with Gasteiger partial charge in [-0.2, -0.15) is 17.4 Å². The number of benzene rings is 1. The molecule has 142 valence electrons. The summed E-state index contributed by atoms with van der Waals surface area (Å²) in [6, 6.07) is 7.08. The fraction of sp³-hybridized carbons (Fsp3) is 0.600. The Labute approximate surface area is 150 Å². The predicted molar refractivity (Wildman–Crippen MR) is 101 cm³/mol. The zero-order chi connectivity index (χ0) is 18.5. The lowest BCUT2D eigenvalue weighted by molar-refractivity contribution is 0.385. The maximum absolute atomic E-state index is 11.9. The summed E-state index contributed by atoms with van der Waals surface area (Å²) in [6.45, 7) is 6.08. The molecule has 0 radical (unpaired) electrons. The molecule has 0 spiro atoms. The van der Waals surface area contributed by atoms with Gasteiger partial charge in [-0.05, 0) is 37.6 Å². The van der Waals surface area contributed by atoms with E-state index in [0.717, 1.165) is 12.1 Å². The number of nitrogens with one attached hydrogen (secondary N) is 2. The molecule has 8 nitrogen and oxygen atoms in total. The highest BCUT2D eigenvalue weighted by atomic mass is 32.2. The van der Waals surface area contributed by atoms with Crippen LogP contribution in [0.4, 0.5) is 11.4 Å². The number of piperazine rings is 1. The van der Waals surface area contributed by atoms with E-state index in [4.69, 9.17) is 0 Å². The number of hydrogen-bond donors (Lipinski definition) is 2. The highest BCUT2D eigenvalue weighted by Gasteiger charge is 2.25. The minimum absolute atomic E-state index is 0.119. The third-order valence-corrected chi connectivity index (χ3v) is 6.99. The first-order chi connectivity index (χ1) is 11.8. The molecule has 25 heavy (non-hydrogen) atoms. The van der Waals surface area contributed by atoms with E-state index >= 15 is 0 Å². The summed E-state index contributed by atoms with van der Waals surface area (Å²) in [4.78, 5) is 2.09. The molecule has 1 heterocycles. The van der Waals surface area contributed by atoms with Crippen LogP contribution in [0.5, 0.6) is 0 Å². The summed E-state index contributed by atoms with van der Waals surface area (Å²) in [5, 5.41) is 0. The molecule has 0 aromatic heterocycles. The van der Waals surface area contributed by atoms with E-state index in [2.05, 4.69) is 14.3 Å². The van der Waals surface area contributed by atoms with E-state index in [-0.39, 0.29) is 5.75 Å². The van der Waals surface area contributed by atoms with Gasteiger partial charge in [-0.1, -0.05) is 6.92 Å². The van der Waals surface area contributed by atoms with E-state index in [1.54, 1.807) is 19.1 Å². The van der Waals surface area contributed by atoms with E-state index < -0.39 is 20.2 Å². The molecule has 0 aliphatic carbocycles. The summed E-state index contributed by atoms with van der Waals surface area (Å²) < 4.78 is 53.8. The maximum Gasteiger partial charge on any atom is 0.299 e. The van der Waals surface area contributed by atoms with Crippen molar-refractivity contribution in [2.75, 3.05) is 48.1 Å². The highest BCUT2D eigenvalue weighted by Crippen LogP contribution is 2.20. The van der Waals surface area contributed by atoms with Crippen LogP contribution in [0.15, 0.2) is 24.3 Å². The maximum atomic E-state index is 11.9. The molecule has 2 rings (SSSR count). The van der Waals surface area contributed by atoms with Crippen molar-refractivity contribution in [2.45, 2.75) is 20.3 Å². The van der Waals surface area contributed by atoms with Gasteiger partial charge in [-0.15, -0.1) is 0 Å². The van der Waals surface area contributed by atoms with Crippen LogP contribution in [0.2, 0.25) is 0 Å². The van der Waals surface area contributed by atoms with Crippen LogP contribution in [0.3, 0.4) is 0 Å². The molecule has 1 aromatic rings. The normalized spacial score (nSPS) is 16.8. The van der Waals surface area contributed by atoms with Gasteiger partial charge in [0.25, 0.3) is 10.2 Å². The minimum Gasteiger partial charge on any atom is -0.369 e. The molecule has 1 fully saturated rings. The van der Waals surface area contributed by atoms with Gasteiger partial charge in [-0.25, -0.2) is 8.42 Å². The van der Waals surface area contributed by atoms with E-state index in [1.807, 2.05) is 19.1 Å². The average molecular weight is 391 g/mol. The van der Waals surface area contributed by atoms with Crippen molar-refractivity contribution in [3.8, 4) is 0 Å². The Morgan fingerprint density at radius 1 is 0.960 bits per heavy atom. The Balaban J connectivity index is 1.95. The smallest absolute Gasteiger partial charge is 0.299 e. The number of hydrogen-bond acceptors (Lipinski definition) is 5. The number of rotatable bonds is 8. The van der Waals surface area contributed by atoms with E-state index in [9.17, 15) is 16.8 Å². The lowest BCUT2D eigenvalue weighted by Crippen LogP contribution is -2.49. The van der Waals surface area contributed by atoms with Crippen molar-refractivity contribution >= 4 is 31.6 Å². The Hall–Kier alpha value is -1.36. The Bertz CT molecular complexity index is 755. The molecular formula is C15H26N4O4S2. The average Bonchev–Trinajstić information content (AvgIpc) is 2.60. The number of sulfonamides is 1. The first kappa shape index (κ1) is 20.0. The minimum atomic E-state index is -3.55. The van der Waals surface area contributed by atoms with Gasteiger partial charge in [0.15, 0.2) is 0 Å². The van der Waals surface area contributed by atoms with Gasteiger partial charge in [0, 0.05) is 44.1 Å². The SMILES string of the molecule is CCCNS(=O)(=O)Nc1ccc(N2CCN(S(=O)(=O)CC)CC2)cc1. The molecule has 1 aliphatic heterocycles. The first-order valence-electron chi connectivity index (χ1n) is 8.37. The van der Waals surface area contributed by atoms with Crippen LogP contribution in [0, 0.1) is 0 Å². The van der Waals surface area contributed by atoms with Gasteiger partial charge < -0.3 is 4.90 Å². The second-order valence-electron chi connectivity index (χ2n) is 5.83. The topological polar surface area (TPSA) is 98.8 Å². The molecule has 1 saturated heterocycles. The predicted octanol–water partition coefficient (Wildman–Crippen LogP) is 0.815. The van der Waals surface area contributed by atoms with Crippen LogP contribution in [0.1, 0.15) is 20.3 Å². The monoisotopic (exact) mass is 390 g/mol. The van der Waals surface area contributed by atoms with Gasteiger partial charge in [-0.3, -0.25) is 4.72 Å². The van der Waals surface area contributed by atoms with Crippen LogP contribution < -0.4 is 14.3 Å². The summed E-state index contributed by atoms with van der Waals surface area (Å²) in [5.74, 6) is 0.119. The summed E-state index contributed by atoms with van der Waals surface area (Å²) in [7, 11) is -6.69. The molecule has 1 aliphatic rings. The summed E-state index contributed by atoms with van der Waals surface area (Å²) in [6.07, 6.45) is 0.722. The zero-order valence-corrected chi connectivity index (χ0v) is 16.2. The third-order valence-electron chi connectivity index (χ3n) is 4.02. The van der Waals surface area contributed by atoms with Crippen molar-refractivity contribution < 1.29 is 16.8 Å². The van der Waals surface area contributed by atoms with Crippen LogP contribution in [0.25, 0.3) is 0 Å². The molecular weight excluding hydrogens is 364 g/mol. The largest absolute Gasteiger partial charge is 0.369 e. The highest BCUT2D eigenvalue weighted by molar-refractivity contribution is 7.90. The van der Waals surface area contributed by atoms with E-state index in [0.29, 0.717) is 38.4 Å². The van der Waals surface area contributed by atoms with Crippen molar-refractivity contribution in [3.05, 3.63) is 24.3 Å². The number of anilines is 2. The number of nitrogens with zero attached hydrogens (tertiary/aromatic N) is 2. The van der Waals surface area contributed by atoms with Crippen LogP contribution >= 0.6 is 0 Å². The molecule has 0 unspecified atom stereocenters. The van der Waals surface area contributed by atoms with Crippen molar-refractivity contribution in [1.82, 2.24) is 9.03 Å². The fourth-order valence-electron chi connectivity index (χ4n) is 2.57. The summed E-state index contributed by atoms with van der Waals surface area (Å²) in [5.41, 5.74) is 1.43. The second-order valence-corrected chi connectivity index (χ2v) is 9.59. The quantitative estimate of drug-likeness (QED) is 0.685. The summed E-state index contributed by atoms with van der Waals surface area (Å²) >= 11 is 0. The third kappa shape index (κ3) is 5.56. The molecule has 1 aromatic carbocycles. The van der Waals surface area contributed by atoms with Gasteiger partial charge >= 0.3 is 0 Å². The standard InChI is InChI=1S/C15H26N4O4S2/c1-3-9-16-25(22,23)17-14-5-7-15(8-6-14)18-10-12-19(13-11-18)24(20,21)4-2/h5-8,16-17H,3-4,9-13H2,1-2H3. The van der Waals surface area contributed by atoms with Crippen molar-refractivity contribution in [1.29, 1.82) is 0 Å². The van der Waals surface area contributed by atoms with Gasteiger partial charge in [0.2, 0.25) is 10.0 Å². The molecule has 0 saturated carbocycles. The van der Waals surface area contributed by atoms with Crippen LogP contribution in [-0.4, -0.2) is 59.6 Å². The Kier molecular flexibility index (Phi) is 6.66. The van der Waals surface area contributed by atoms with Crippen molar-refractivity contribution in [3.63, 3.8) is 0 Å². The lowest BCUT2D eigenvalue weighted by atomic mass is 10.2. The molecule has 2 N–H and O–H groups in total. The molecule has 0 atom stereocenters. The second kappa shape index (κ2) is 8.35. The zero-order valence-electron chi connectivity index (χ0n) is 14.6. The first-order valence-corrected chi connectivity index (χ1v) is 11.5. The Morgan fingerprint density at radius 3 is 2.08 bits per heavy atom. The molecule has 10 heteroatoms. The van der Waals surface area contributed by atoms with Crippen molar-refractivity contribution in [2.24, 2.45) is 0 Å².